The molecule has 2 N–H and O–H groups in total. The largest absolute Gasteiger partial charge is 0.416 e. The zero-order valence-electron chi connectivity index (χ0n) is 17.6. The van der Waals surface area contributed by atoms with Gasteiger partial charge < -0.3 is 15.5 Å². The van der Waals surface area contributed by atoms with Crippen molar-refractivity contribution >= 4 is 23.2 Å². The van der Waals surface area contributed by atoms with Crippen LogP contribution in [-0.4, -0.2) is 60.5 Å². The van der Waals surface area contributed by atoms with Crippen molar-refractivity contribution < 1.29 is 18.0 Å². The fourth-order valence-electron chi connectivity index (χ4n) is 4.47. The monoisotopic (exact) mass is 466 g/mol. The maximum atomic E-state index is 13.3. The molecular weight excluding hydrogens is 441 g/mol. The lowest BCUT2D eigenvalue weighted by molar-refractivity contribution is -0.137. The highest BCUT2D eigenvalue weighted by molar-refractivity contribution is 6.30. The Hall–Kier alpha value is -2.29. The molecule has 2 aromatic carbocycles. The molecule has 2 saturated heterocycles. The Kier molecular flexibility index (Phi) is 6.65. The molecule has 32 heavy (non-hydrogen) atoms. The van der Waals surface area contributed by atoms with E-state index in [1.807, 2.05) is 34.1 Å². The van der Waals surface area contributed by atoms with Crippen LogP contribution in [0.2, 0.25) is 5.02 Å². The van der Waals surface area contributed by atoms with Gasteiger partial charge in [-0.15, -0.1) is 0 Å². The first-order chi connectivity index (χ1) is 15.2. The van der Waals surface area contributed by atoms with Gasteiger partial charge in [-0.1, -0.05) is 29.8 Å². The molecule has 0 aliphatic carbocycles. The van der Waals surface area contributed by atoms with Crippen LogP contribution in [-0.2, 0) is 17.5 Å². The lowest BCUT2D eigenvalue weighted by Crippen LogP contribution is -2.53. The van der Waals surface area contributed by atoms with Crippen LogP contribution in [0.1, 0.15) is 17.5 Å². The fraction of sp³-hybridized carbons (Fsp3) is 0.435. The Labute approximate surface area is 190 Å². The summed E-state index contributed by atoms with van der Waals surface area (Å²) in [4.78, 5) is 19.1. The number of benzene rings is 2. The molecule has 0 bridgehead atoms. The lowest BCUT2D eigenvalue weighted by Gasteiger charge is -2.38. The highest BCUT2D eigenvalue weighted by Gasteiger charge is 2.38. The third-order valence-electron chi connectivity index (χ3n) is 6.15. The number of likely N-dealkylation sites (tertiary alicyclic amines) is 1. The predicted molar refractivity (Wildman–Crippen MR) is 118 cm³/mol. The number of anilines is 1. The number of rotatable bonds is 4. The summed E-state index contributed by atoms with van der Waals surface area (Å²) in [6.07, 6.45) is -3.77. The number of amides is 1. The summed E-state index contributed by atoms with van der Waals surface area (Å²) in [5.74, 6) is 0.0376. The minimum absolute atomic E-state index is 0.0376. The van der Waals surface area contributed by atoms with E-state index in [-0.39, 0.29) is 18.0 Å². The maximum absolute atomic E-state index is 13.3. The van der Waals surface area contributed by atoms with E-state index in [0.29, 0.717) is 56.4 Å². The van der Waals surface area contributed by atoms with Crippen LogP contribution in [0.4, 0.5) is 18.9 Å². The normalized spacial score (nSPS) is 22.4. The third kappa shape index (κ3) is 5.19. The van der Waals surface area contributed by atoms with Gasteiger partial charge in [-0.25, -0.2) is 0 Å². The average Bonchev–Trinajstić information content (AvgIpc) is 3.14. The van der Waals surface area contributed by atoms with E-state index >= 15 is 0 Å². The summed E-state index contributed by atoms with van der Waals surface area (Å²) < 4.78 is 39.1. The van der Waals surface area contributed by atoms with Crippen LogP contribution in [0.15, 0.2) is 48.5 Å². The lowest BCUT2D eigenvalue weighted by atomic mass is 10.1. The van der Waals surface area contributed by atoms with Crippen LogP contribution >= 0.6 is 11.6 Å². The quantitative estimate of drug-likeness (QED) is 0.748. The summed E-state index contributed by atoms with van der Waals surface area (Å²) in [6.45, 7) is 3.17. The van der Waals surface area contributed by atoms with Gasteiger partial charge in [0, 0.05) is 56.0 Å². The smallest absolute Gasteiger partial charge is 0.368 e. The number of carbonyl (C=O) groups is 1. The molecular formula is C23H26ClF3N4O. The van der Waals surface area contributed by atoms with Crippen molar-refractivity contribution in [3.8, 4) is 0 Å². The first kappa shape index (κ1) is 22.9. The SMILES string of the molecule is N[C@@H]1C[C@@H](C(=O)N2CCN(c3cccc(C(F)(F)F)c3)CC2)N(Cc2ccc(Cl)cc2)C1. The number of piperazine rings is 1. The molecule has 1 amide bonds. The van der Waals surface area contributed by atoms with Crippen molar-refractivity contribution in [3.63, 3.8) is 0 Å². The van der Waals surface area contributed by atoms with E-state index in [1.54, 1.807) is 6.07 Å². The summed E-state index contributed by atoms with van der Waals surface area (Å²) in [6, 6.07) is 12.5. The molecule has 2 aliphatic rings. The van der Waals surface area contributed by atoms with Gasteiger partial charge >= 0.3 is 6.18 Å². The highest BCUT2D eigenvalue weighted by Crippen LogP contribution is 2.32. The molecule has 0 spiro atoms. The van der Waals surface area contributed by atoms with Crippen molar-refractivity contribution in [1.29, 1.82) is 0 Å². The van der Waals surface area contributed by atoms with Crippen molar-refractivity contribution in [2.75, 3.05) is 37.6 Å². The van der Waals surface area contributed by atoms with Crippen LogP contribution in [0.25, 0.3) is 0 Å². The second kappa shape index (κ2) is 9.29. The van der Waals surface area contributed by atoms with E-state index in [0.717, 1.165) is 11.6 Å². The van der Waals surface area contributed by atoms with Gasteiger partial charge in [0.05, 0.1) is 11.6 Å². The standard InChI is InChI=1S/C23H26ClF3N4O/c24-18-6-4-16(5-7-18)14-31-15-19(28)13-21(31)22(32)30-10-8-29(9-11-30)20-3-1-2-17(12-20)23(25,26)27/h1-7,12,19,21H,8-11,13-15,28H2/t19-,21+/m1/s1. The Balaban J connectivity index is 1.38. The Bertz CT molecular complexity index is 945. The second-order valence-corrected chi connectivity index (χ2v) is 8.86. The van der Waals surface area contributed by atoms with Gasteiger partial charge in [0.1, 0.15) is 0 Å². The van der Waals surface area contributed by atoms with Gasteiger partial charge in [-0.2, -0.15) is 13.2 Å². The molecule has 2 fully saturated rings. The van der Waals surface area contributed by atoms with Crippen molar-refractivity contribution in [3.05, 3.63) is 64.7 Å². The zero-order valence-corrected chi connectivity index (χ0v) is 18.3. The highest BCUT2D eigenvalue weighted by atomic mass is 35.5. The average molecular weight is 467 g/mol. The number of nitrogens with zero attached hydrogens (tertiary/aromatic N) is 3. The van der Waals surface area contributed by atoms with E-state index in [4.69, 9.17) is 17.3 Å². The van der Waals surface area contributed by atoms with Gasteiger partial charge in [-0.05, 0) is 42.3 Å². The van der Waals surface area contributed by atoms with Crippen LogP contribution < -0.4 is 10.6 Å². The summed E-state index contributed by atoms with van der Waals surface area (Å²) in [7, 11) is 0. The molecule has 4 rings (SSSR count). The number of nitrogens with two attached hydrogens (primary N) is 1. The molecule has 0 aromatic heterocycles. The summed E-state index contributed by atoms with van der Waals surface area (Å²) in [5.41, 5.74) is 7.11. The van der Waals surface area contributed by atoms with Gasteiger partial charge in [0.25, 0.3) is 0 Å². The summed E-state index contributed by atoms with van der Waals surface area (Å²) >= 11 is 5.97. The molecule has 2 aliphatic heterocycles. The minimum Gasteiger partial charge on any atom is -0.368 e. The van der Waals surface area contributed by atoms with E-state index in [1.165, 1.54) is 12.1 Å². The number of halogens is 4. The number of hydrogen-bond donors (Lipinski definition) is 1. The fourth-order valence-corrected chi connectivity index (χ4v) is 4.60. The molecule has 2 aromatic rings. The van der Waals surface area contributed by atoms with Gasteiger partial charge in [-0.3, -0.25) is 9.69 Å². The molecule has 0 radical (unpaired) electrons. The zero-order chi connectivity index (χ0) is 22.9. The number of hydrogen-bond acceptors (Lipinski definition) is 4. The molecule has 2 atom stereocenters. The van der Waals surface area contributed by atoms with E-state index < -0.39 is 11.7 Å². The maximum Gasteiger partial charge on any atom is 0.416 e. The Morgan fingerprint density at radius 2 is 1.75 bits per heavy atom. The van der Waals surface area contributed by atoms with Gasteiger partial charge in [0.2, 0.25) is 5.91 Å². The number of alkyl halides is 3. The Morgan fingerprint density at radius 3 is 2.41 bits per heavy atom. The first-order valence-corrected chi connectivity index (χ1v) is 11.0. The van der Waals surface area contributed by atoms with E-state index in [2.05, 4.69) is 4.90 Å². The van der Waals surface area contributed by atoms with Crippen molar-refractivity contribution in [1.82, 2.24) is 9.80 Å². The number of carbonyl (C=O) groups excluding carboxylic acids is 1. The minimum atomic E-state index is -4.37. The molecule has 5 nitrogen and oxygen atoms in total. The molecule has 9 heteroatoms. The summed E-state index contributed by atoms with van der Waals surface area (Å²) in [5, 5.41) is 0.665. The van der Waals surface area contributed by atoms with Crippen LogP contribution in [0, 0.1) is 0 Å². The predicted octanol–water partition coefficient (Wildman–Crippen LogP) is 3.61. The van der Waals surface area contributed by atoms with Crippen molar-refractivity contribution in [2.45, 2.75) is 31.2 Å². The van der Waals surface area contributed by atoms with Crippen LogP contribution in [0.3, 0.4) is 0 Å². The molecule has 2 heterocycles. The second-order valence-electron chi connectivity index (χ2n) is 8.43. The Morgan fingerprint density at radius 1 is 1.06 bits per heavy atom. The molecule has 0 saturated carbocycles. The van der Waals surface area contributed by atoms with Gasteiger partial charge in [0.15, 0.2) is 0 Å². The van der Waals surface area contributed by atoms with Crippen molar-refractivity contribution in [2.24, 2.45) is 5.73 Å². The third-order valence-corrected chi connectivity index (χ3v) is 6.40. The van der Waals surface area contributed by atoms with E-state index in [9.17, 15) is 18.0 Å². The van der Waals surface area contributed by atoms with Crippen LogP contribution in [0.5, 0.6) is 0 Å². The molecule has 0 unspecified atom stereocenters. The molecule has 172 valence electrons. The topological polar surface area (TPSA) is 52.8 Å². The first-order valence-electron chi connectivity index (χ1n) is 10.7.